The quantitative estimate of drug-likeness (QED) is 0.602. The Bertz CT molecular complexity index is 822. The number of amides is 1. The molecule has 1 heterocycles. The fraction of sp³-hybridized carbons (Fsp3) is 0.261. The van der Waals surface area contributed by atoms with Crippen molar-refractivity contribution in [1.82, 2.24) is 9.88 Å². The van der Waals surface area contributed by atoms with Crippen LogP contribution in [0.2, 0.25) is 0 Å². The molecule has 4 nitrogen and oxygen atoms in total. The molecule has 0 spiro atoms. The fourth-order valence-corrected chi connectivity index (χ4v) is 2.90. The van der Waals surface area contributed by atoms with Gasteiger partial charge in [0.05, 0.1) is 0 Å². The van der Waals surface area contributed by atoms with Crippen LogP contribution in [0.25, 0.3) is 5.69 Å². The summed E-state index contributed by atoms with van der Waals surface area (Å²) < 4.78 is 7.33. The molecule has 3 aromatic rings. The molecule has 27 heavy (non-hydrogen) atoms. The minimum Gasteiger partial charge on any atom is -0.410 e. The van der Waals surface area contributed by atoms with Gasteiger partial charge in [0.1, 0.15) is 5.75 Å². The van der Waals surface area contributed by atoms with Crippen molar-refractivity contribution in [1.29, 1.82) is 0 Å². The number of nitrogens with one attached hydrogen (secondary N) is 1. The third-order valence-corrected chi connectivity index (χ3v) is 4.47. The summed E-state index contributed by atoms with van der Waals surface area (Å²) in [6.07, 6.45) is 7.86. The lowest BCUT2D eigenvalue weighted by Crippen LogP contribution is -2.28. The maximum absolute atomic E-state index is 12.0. The largest absolute Gasteiger partial charge is 0.412 e. The molecule has 0 bridgehead atoms. The molecular formula is C23H26N2O2. The van der Waals surface area contributed by atoms with Crippen LogP contribution in [0, 0.1) is 0 Å². The molecule has 0 fully saturated rings. The molecule has 0 saturated heterocycles. The Morgan fingerprint density at radius 1 is 0.926 bits per heavy atom. The molecule has 0 unspecified atom stereocenters. The molecule has 1 N–H and O–H groups in total. The van der Waals surface area contributed by atoms with E-state index in [1.54, 1.807) is 12.1 Å². The number of carbonyl (C=O) groups excluding carboxylic acids is 1. The first-order valence-corrected chi connectivity index (χ1v) is 9.51. The summed E-state index contributed by atoms with van der Waals surface area (Å²) in [5, 5.41) is 2.80. The summed E-state index contributed by atoms with van der Waals surface area (Å²) in [7, 11) is 0. The first-order valence-electron chi connectivity index (χ1n) is 9.51. The average molecular weight is 362 g/mol. The number of aromatic nitrogens is 1. The number of rotatable bonds is 8. The summed E-state index contributed by atoms with van der Waals surface area (Å²) in [5.74, 6) is 0.531. The van der Waals surface area contributed by atoms with Gasteiger partial charge in [-0.3, -0.25) is 0 Å². The van der Waals surface area contributed by atoms with Crippen molar-refractivity contribution in [3.8, 4) is 11.4 Å². The molecule has 2 aromatic carbocycles. The minimum atomic E-state index is -0.428. The predicted octanol–water partition coefficient (Wildman–Crippen LogP) is 5.15. The third-order valence-electron chi connectivity index (χ3n) is 4.47. The van der Waals surface area contributed by atoms with E-state index in [1.807, 2.05) is 41.2 Å². The van der Waals surface area contributed by atoms with E-state index in [1.165, 1.54) is 24.0 Å². The van der Waals surface area contributed by atoms with Crippen LogP contribution < -0.4 is 10.1 Å². The Hall–Kier alpha value is -3.01. The summed E-state index contributed by atoms with van der Waals surface area (Å²) in [6.45, 7) is 2.75. The number of carbonyl (C=O) groups is 1. The smallest absolute Gasteiger partial charge is 0.410 e. The number of unbranched alkanes of at least 4 members (excludes halogenated alkanes) is 1. The molecule has 1 aromatic heterocycles. The molecule has 3 rings (SSSR count). The van der Waals surface area contributed by atoms with Crippen molar-refractivity contribution in [2.45, 2.75) is 32.6 Å². The number of hydrogen-bond donors (Lipinski definition) is 1. The number of ether oxygens (including phenoxy) is 1. The van der Waals surface area contributed by atoms with Gasteiger partial charge in [-0.2, -0.15) is 0 Å². The van der Waals surface area contributed by atoms with E-state index in [4.69, 9.17) is 4.74 Å². The van der Waals surface area contributed by atoms with E-state index in [9.17, 15) is 4.79 Å². The van der Waals surface area contributed by atoms with Crippen LogP contribution in [-0.2, 0) is 12.8 Å². The molecule has 0 aliphatic heterocycles. The first-order chi connectivity index (χ1) is 13.2. The monoisotopic (exact) mass is 362 g/mol. The van der Waals surface area contributed by atoms with Gasteiger partial charge in [0.25, 0.3) is 0 Å². The lowest BCUT2D eigenvalue weighted by atomic mass is 10.1. The zero-order chi connectivity index (χ0) is 18.9. The van der Waals surface area contributed by atoms with Gasteiger partial charge in [0, 0.05) is 24.6 Å². The van der Waals surface area contributed by atoms with Crippen molar-refractivity contribution >= 4 is 6.09 Å². The second kappa shape index (κ2) is 9.62. The van der Waals surface area contributed by atoms with Crippen LogP contribution in [0.3, 0.4) is 0 Å². The van der Waals surface area contributed by atoms with Gasteiger partial charge < -0.3 is 14.6 Å². The van der Waals surface area contributed by atoms with Crippen molar-refractivity contribution < 1.29 is 9.53 Å². The molecule has 0 aliphatic rings. The standard InChI is InChI=1S/C23H26N2O2/c1-2-3-6-19-7-9-20(10-8-19)15-16-24-23(26)27-22-13-11-21(12-14-22)25-17-4-5-18-25/h4-5,7-14,17-18H,2-3,6,15-16H2,1H3,(H,24,26). The third kappa shape index (κ3) is 5.74. The highest BCUT2D eigenvalue weighted by atomic mass is 16.6. The molecule has 0 aliphatic carbocycles. The topological polar surface area (TPSA) is 43.3 Å². The maximum Gasteiger partial charge on any atom is 0.412 e. The van der Waals surface area contributed by atoms with Gasteiger partial charge in [-0.25, -0.2) is 4.79 Å². The van der Waals surface area contributed by atoms with Crippen molar-refractivity contribution in [3.05, 3.63) is 84.2 Å². The molecule has 0 radical (unpaired) electrons. The minimum absolute atomic E-state index is 0.428. The highest BCUT2D eigenvalue weighted by Gasteiger charge is 2.04. The molecular weight excluding hydrogens is 336 g/mol. The zero-order valence-corrected chi connectivity index (χ0v) is 15.7. The van der Waals surface area contributed by atoms with Gasteiger partial charge in [-0.05, 0) is 66.8 Å². The van der Waals surface area contributed by atoms with Crippen LogP contribution in [0.4, 0.5) is 4.79 Å². The van der Waals surface area contributed by atoms with Gasteiger partial charge in [0.2, 0.25) is 0 Å². The average Bonchev–Trinajstić information content (AvgIpc) is 3.23. The second-order valence-corrected chi connectivity index (χ2v) is 6.57. The maximum atomic E-state index is 12.0. The van der Waals surface area contributed by atoms with Crippen molar-refractivity contribution in [2.75, 3.05) is 6.54 Å². The van der Waals surface area contributed by atoms with Crippen molar-refractivity contribution in [3.63, 3.8) is 0 Å². The van der Waals surface area contributed by atoms with Gasteiger partial charge in [0.15, 0.2) is 0 Å². The first kappa shape index (κ1) is 18.8. The van der Waals surface area contributed by atoms with E-state index in [0.29, 0.717) is 12.3 Å². The van der Waals surface area contributed by atoms with Crippen LogP contribution in [-0.4, -0.2) is 17.2 Å². The predicted molar refractivity (Wildman–Crippen MR) is 109 cm³/mol. The summed E-state index contributed by atoms with van der Waals surface area (Å²) in [6, 6.07) is 20.0. The van der Waals surface area contributed by atoms with Crippen LogP contribution >= 0.6 is 0 Å². The lowest BCUT2D eigenvalue weighted by molar-refractivity contribution is 0.200. The van der Waals surface area contributed by atoms with E-state index in [2.05, 4.69) is 36.5 Å². The van der Waals surface area contributed by atoms with E-state index in [-0.39, 0.29) is 0 Å². The summed E-state index contributed by atoms with van der Waals surface area (Å²) in [5.41, 5.74) is 3.61. The number of hydrogen-bond acceptors (Lipinski definition) is 2. The molecule has 4 heteroatoms. The van der Waals surface area contributed by atoms with E-state index >= 15 is 0 Å². The van der Waals surface area contributed by atoms with Gasteiger partial charge in [-0.1, -0.05) is 37.6 Å². The highest BCUT2D eigenvalue weighted by Crippen LogP contribution is 2.15. The number of aryl methyl sites for hydroxylation is 1. The summed E-state index contributed by atoms with van der Waals surface area (Å²) >= 11 is 0. The van der Waals surface area contributed by atoms with Gasteiger partial charge >= 0.3 is 6.09 Å². The van der Waals surface area contributed by atoms with Gasteiger partial charge in [-0.15, -0.1) is 0 Å². The highest BCUT2D eigenvalue weighted by molar-refractivity contribution is 5.70. The second-order valence-electron chi connectivity index (χ2n) is 6.57. The Labute approximate surface area is 160 Å². The van der Waals surface area contributed by atoms with Crippen molar-refractivity contribution in [2.24, 2.45) is 0 Å². The molecule has 0 saturated carbocycles. The number of nitrogens with zero attached hydrogens (tertiary/aromatic N) is 1. The lowest BCUT2D eigenvalue weighted by Gasteiger charge is -2.08. The SMILES string of the molecule is CCCCc1ccc(CCNC(=O)Oc2ccc(-n3cccc3)cc2)cc1. The normalized spacial score (nSPS) is 10.6. The van der Waals surface area contributed by atoms with Crippen LogP contribution in [0.1, 0.15) is 30.9 Å². The van der Waals surface area contributed by atoms with Crippen LogP contribution in [0.5, 0.6) is 5.75 Å². The Morgan fingerprint density at radius 3 is 2.19 bits per heavy atom. The molecule has 0 atom stereocenters. The Kier molecular flexibility index (Phi) is 6.69. The Balaban J connectivity index is 1.41. The van der Waals surface area contributed by atoms with E-state index < -0.39 is 6.09 Å². The van der Waals surface area contributed by atoms with E-state index in [0.717, 1.165) is 18.5 Å². The summed E-state index contributed by atoms with van der Waals surface area (Å²) in [4.78, 5) is 12.0. The molecule has 140 valence electrons. The zero-order valence-electron chi connectivity index (χ0n) is 15.7. The Morgan fingerprint density at radius 2 is 1.56 bits per heavy atom. The van der Waals surface area contributed by atoms with Crippen LogP contribution in [0.15, 0.2) is 73.1 Å². The fourth-order valence-electron chi connectivity index (χ4n) is 2.90. The molecule has 1 amide bonds. The number of benzene rings is 2.